The summed E-state index contributed by atoms with van der Waals surface area (Å²) in [5.41, 5.74) is 1.09. The Hall–Kier alpha value is -2.70. The van der Waals surface area contributed by atoms with Gasteiger partial charge in [0.05, 0.1) is 12.0 Å². The molecule has 1 aromatic carbocycles. The van der Waals surface area contributed by atoms with Gasteiger partial charge < -0.3 is 10.2 Å². The van der Waals surface area contributed by atoms with E-state index in [2.05, 4.69) is 15.4 Å². The molecule has 0 radical (unpaired) electrons. The van der Waals surface area contributed by atoms with Crippen molar-refractivity contribution in [3.05, 3.63) is 48.5 Å². The standard InChI is InChI=1S/C18H23N5O2/c1-14(15-6-3-2-4-7-15)23-11-16(10-17(23)24)18(25)20-8-5-9-22-13-19-12-21-22/h2-4,6-7,12-14,16H,5,8-11H2,1H3,(H,20,25)/t14-,16+/m1/s1. The van der Waals surface area contributed by atoms with E-state index in [0.717, 1.165) is 12.0 Å². The fourth-order valence-corrected chi connectivity index (χ4v) is 3.14. The summed E-state index contributed by atoms with van der Waals surface area (Å²) in [5.74, 6) is -0.279. The van der Waals surface area contributed by atoms with Gasteiger partial charge in [-0.15, -0.1) is 0 Å². The topological polar surface area (TPSA) is 80.1 Å². The molecule has 3 rings (SSSR count). The first-order valence-corrected chi connectivity index (χ1v) is 8.59. The van der Waals surface area contributed by atoms with Crippen LogP contribution in [0.1, 0.15) is 31.4 Å². The first-order chi connectivity index (χ1) is 12.1. The number of likely N-dealkylation sites (tertiary alicyclic amines) is 1. The Morgan fingerprint density at radius 1 is 1.36 bits per heavy atom. The molecular weight excluding hydrogens is 318 g/mol. The van der Waals surface area contributed by atoms with E-state index in [1.807, 2.05) is 37.3 Å². The summed E-state index contributed by atoms with van der Waals surface area (Å²) in [7, 11) is 0. The number of amides is 2. The van der Waals surface area contributed by atoms with Crippen molar-refractivity contribution in [3.8, 4) is 0 Å². The van der Waals surface area contributed by atoms with Gasteiger partial charge in [-0.1, -0.05) is 30.3 Å². The summed E-state index contributed by atoms with van der Waals surface area (Å²) >= 11 is 0. The van der Waals surface area contributed by atoms with Gasteiger partial charge in [-0.05, 0) is 18.9 Å². The second-order valence-electron chi connectivity index (χ2n) is 6.34. The maximum atomic E-state index is 12.3. The number of nitrogens with zero attached hydrogens (tertiary/aromatic N) is 4. The zero-order valence-corrected chi connectivity index (χ0v) is 14.3. The van der Waals surface area contributed by atoms with E-state index < -0.39 is 0 Å². The number of nitrogens with one attached hydrogen (secondary N) is 1. The second kappa shape index (κ2) is 7.92. The number of hydrogen-bond acceptors (Lipinski definition) is 4. The predicted octanol–water partition coefficient (Wildman–Crippen LogP) is 1.39. The number of carbonyl (C=O) groups excluding carboxylic acids is 2. The van der Waals surface area contributed by atoms with Gasteiger partial charge in [-0.2, -0.15) is 5.10 Å². The Kier molecular flexibility index (Phi) is 5.42. The summed E-state index contributed by atoms with van der Waals surface area (Å²) < 4.78 is 1.73. The molecule has 0 aliphatic carbocycles. The van der Waals surface area contributed by atoms with Crippen molar-refractivity contribution >= 4 is 11.8 Å². The van der Waals surface area contributed by atoms with Gasteiger partial charge in [0.25, 0.3) is 0 Å². The molecule has 1 saturated heterocycles. The Balaban J connectivity index is 1.47. The molecule has 1 aliphatic rings. The molecule has 132 valence electrons. The molecule has 2 aromatic rings. The van der Waals surface area contributed by atoms with E-state index in [4.69, 9.17) is 0 Å². The Labute approximate surface area is 147 Å². The molecule has 0 bridgehead atoms. The number of hydrogen-bond donors (Lipinski definition) is 1. The highest BCUT2D eigenvalue weighted by Gasteiger charge is 2.36. The lowest BCUT2D eigenvalue weighted by molar-refractivity contribution is -0.130. The van der Waals surface area contributed by atoms with E-state index in [1.54, 1.807) is 15.9 Å². The van der Waals surface area contributed by atoms with Crippen molar-refractivity contribution in [2.24, 2.45) is 5.92 Å². The SMILES string of the molecule is C[C@H](c1ccccc1)N1C[C@@H](C(=O)NCCCn2cncn2)CC1=O. The van der Waals surface area contributed by atoms with Crippen LogP contribution >= 0.6 is 0 Å². The van der Waals surface area contributed by atoms with E-state index in [9.17, 15) is 9.59 Å². The Morgan fingerprint density at radius 2 is 2.16 bits per heavy atom. The van der Waals surface area contributed by atoms with Gasteiger partial charge in [0.2, 0.25) is 11.8 Å². The summed E-state index contributed by atoms with van der Waals surface area (Å²) in [4.78, 5) is 30.3. The van der Waals surface area contributed by atoms with Crippen LogP contribution in [-0.4, -0.2) is 44.6 Å². The minimum Gasteiger partial charge on any atom is -0.356 e. The molecule has 2 heterocycles. The number of carbonyl (C=O) groups is 2. The van der Waals surface area contributed by atoms with Crippen LogP contribution in [0.3, 0.4) is 0 Å². The smallest absolute Gasteiger partial charge is 0.225 e. The van der Waals surface area contributed by atoms with Gasteiger partial charge >= 0.3 is 0 Å². The molecule has 1 aromatic heterocycles. The molecular formula is C18H23N5O2. The first-order valence-electron chi connectivity index (χ1n) is 8.59. The maximum absolute atomic E-state index is 12.3. The van der Waals surface area contributed by atoms with Crippen molar-refractivity contribution in [2.45, 2.75) is 32.4 Å². The predicted molar refractivity (Wildman–Crippen MR) is 92.3 cm³/mol. The lowest BCUT2D eigenvalue weighted by Gasteiger charge is -2.25. The quantitative estimate of drug-likeness (QED) is 0.772. The summed E-state index contributed by atoms with van der Waals surface area (Å²) in [6, 6.07) is 9.89. The lowest BCUT2D eigenvalue weighted by Crippen LogP contribution is -2.34. The van der Waals surface area contributed by atoms with Crippen LogP contribution in [0.15, 0.2) is 43.0 Å². The van der Waals surface area contributed by atoms with Gasteiger partial charge in [0.15, 0.2) is 0 Å². The molecule has 1 fully saturated rings. The van der Waals surface area contributed by atoms with Crippen molar-refractivity contribution in [3.63, 3.8) is 0 Å². The van der Waals surface area contributed by atoms with Crippen molar-refractivity contribution in [1.82, 2.24) is 25.0 Å². The lowest BCUT2D eigenvalue weighted by atomic mass is 10.1. The molecule has 2 amide bonds. The minimum absolute atomic E-state index is 0.0150. The normalized spacial score (nSPS) is 18.4. The number of benzene rings is 1. The molecule has 0 unspecified atom stereocenters. The molecule has 0 saturated carbocycles. The van der Waals surface area contributed by atoms with Crippen molar-refractivity contribution < 1.29 is 9.59 Å². The highest BCUT2D eigenvalue weighted by Crippen LogP contribution is 2.28. The number of aromatic nitrogens is 3. The molecule has 1 aliphatic heterocycles. The third-order valence-electron chi connectivity index (χ3n) is 4.61. The van der Waals surface area contributed by atoms with E-state index in [1.165, 1.54) is 6.33 Å². The molecule has 2 atom stereocenters. The van der Waals surface area contributed by atoms with E-state index in [0.29, 0.717) is 19.6 Å². The molecule has 7 nitrogen and oxygen atoms in total. The number of aryl methyl sites for hydroxylation is 1. The van der Waals surface area contributed by atoms with Gasteiger partial charge in [-0.25, -0.2) is 4.98 Å². The first kappa shape index (κ1) is 17.1. The third-order valence-corrected chi connectivity index (χ3v) is 4.61. The summed E-state index contributed by atoms with van der Waals surface area (Å²) in [6.07, 6.45) is 4.21. The average Bonchev–Trinajstić information content (AvgIpc) is 3.28. The number of rotatable bonds is 7. The van der Waals surface area contributed by atoms with Crippen LogP contribution in [0.2, 0.25) is 0 Å². The Bertz CT molecular complexity index is 702. The molecule has 7 heteroatoms. The fourth-order valence-electron chi connectivity index (χ4n) is 3.14. The zero-order valence-electron chi connectivity index (χ0n) is 14.3. The Morgan fingerprint density at radius 3 is 2.88 bits per heavy atom. The van der Waals surface area contributed by atoms with Gasteiger partial charge in [0, 0.05) is 26.1 Å². The van der Waals surface area contributed by atoms with Crippen LogP contribution < -0.4 is 5.32 Å². The summed E-state index contributed by atoms with van der Waals surface area (Å²) in [6.45, 7) is 3.76. The third kappa shape index (κ3) is 4.23. The van der Waals surface area contributed by atoms with E-state index >= 15 is 0 Å². The molecule has 1 N–H and O–H groups in total. The summed E-state index contributed by atoms with van der Waals surface area (Å²) in [5, 5.41) is 6.95. The molecule has 0 spiro atoms. The highest BCUT2D eigenvalue weighted by molar-refractivity contribution is 5.89. The second-order valence-corrected chi connectivity index (χ2v) is 6.34. The zero-order chi connectivity index (χ0) is 17.6. The van der Waals surface area contributed by atoms with Crippen molar-refractivity contribution in [2.75, 3.05) is 13.1 Å². The van der Waals surface area contributed by atoms with Crippen LogP contribution in [0.4, 0.5) is 0 Å². The highest BCUT2D eigenvalue weighted by atomic mass is 16.2. The monoisotopic (exact) mass is 341 g/mol. The van der Waals surface area contributed by atoms with Crippen LogP contribution in [0, 0.1) is 5.92 Å². The van der Waals surface area contributed by atoms with Gasteiger partial charge in [-0.3, -0.25) is 14.3 Å². The van der Waals surface area contributed by atoms with Gasteiger partial charge in [0.1, 0.15) is 12.7 Å². The van der Waals surface area contributed by atoms with Crippen LogP contribution in [-0.2, 0) is 16.1 Å². The van der Waals surface area contributed by atoms with Crippen LogP contribution in [0.25, 0.3) is 0 Å². The van der Waals surface area contributed by atoms with Crippen LogP contribution in [0.5, 0.6) is 0 Å². The fraction of sp³-hybridized carbons (Fsp3) is 0.444. The largest absolute Gasteiger partial charge is 0.356 e. The maximum Gasteiger partial charge on any atom is 0.225 e. The molecule has 25 heavy (non-hydrogen) atoms. The van der Waals surface area contributed by atoms with Crippen molar-refractivity contribution in [1.29, 1.82) is 0 Å². The van der Waals surface area contributed by atoms with E-state index in [-0.39, 0.29) is 30.2 Å². The minimum atomic E-state index is -0.273. The average molecular weight is 341 g/mol.